The maximum atomic E-state index is 13.4. The van der Waals surface area contributed by atoms with Gasteiger partial charge in [0, 0.05) is 24.9 Å². The topological polar surface area (TPSA) is 118 Å². The number of amides is 1. The van der Waals surface area contributed by atoms with Gasteiger partial charge in [0.15, 0.2) is 17.8 Å². The molecule has 1 heterocycles. The van der Waals surface area contributed by atoms with Gasteiger partial charge in [0.2, 0.25) is 0 Å². The van der Waals surface area contributed by atoms with Crippen LogP contribution in [-0.4, -0.2) is 53.4 Å². The molecule has 0 saturated carbocycles. The van der Waals surface area contributed by atoms with Crippen LogP contribution in [0.5, 0.6) is 17.2 Å². The first-order valence-electron chi connectivity index (χ1n) is 16.2. The maximum Gasteiger partial charge on any atom is 0.514 e. The minimum atomic E-state index is -0.757. The fourth-order valence-corrected chi connectivity index (χ4v) is 5.64. The molecule has 10 heteroatoms. The number of carbonyl (C=O) groups excluding carboxylic acids is 3. The van der Waals surface area contributed by atoms with E-state index >= 15 is 0 Å². The van der Waals surface area contributed by atoms with Gasteiger partial charge in [-0.15, -0.1) is 0 Å². The highest BCUT2D eigenvalue weighted by Gasteiger charge is 2.24. The average molecular weight is 664 g/mol. The molecule has 49 heavy (non-hydrogen) atoms. The highest BCUT2D eigenvalue weighted by molar-refractivity contribution is 6.13. The second-order valence-corrected chi connectivity index (χ2v) is 12.6. The summed E-state index contributed by atoms with van der Waals surface area (Å²) < 4.78 is 23.8. The van der Waals surface area contributed by atoms with E-state index in [1.54, 1.807) is 39.0 Å². The molecule has 10 nitrogen and oxygen atoms in total. The second kappa shape index (κ2) is 15.1. The number of allylic oxidation sites excluding steroid dienone is 1. The summed E-state index contributed by atoms with van der Waals surface area (Å²) in [4.78, 5) is 47.1. The number of aliphatic imine (C=N–C) groups is 1. The summed E-state index contributed by atoms with van der Waals surface area (Å²) in [5.74, 6) is 1.37. The molecule has 254 valence electrons. The van der Waals surface area contributed by atoms with Gasteiger partial charge in [-0.3, -0.25) is 9.59 Å². The fraction of sp³-hybridized carbons (Fsp3) is 0.308. The molecule has 0 aliphatic heterocycles. The van der Waals surface area contributed by atoms with E-state index in [0.29, 0.717) is 36.5 Å². The van der Waals surface area contributed by atoms with Crippen molar-refractivity contribution in [2.24, 2.45) is 4.99 Å². The molecule has 0 spiro atoms. The number of nitrogens with zero attached hydrogens (tertiary/aromatic N) is 3. The lowest BCUT2D eigenvalue weighted by atomic mass is 10.0. The highest BCUT2D eigenvalue weighted by Crippen LogP contribution is 2.34. The SMILES string of the molecule is CCCCc1nc2c(n1Cc1ccc(-c3ccccc3OC(=O)OC(C)(C)C)cc1)CC(=NC(=O)c1ccc(OC)c(OC)c1C=O)C=C2. The van der Waals surface area contributed by atoms with Crippen LogP contribution in [0.2, 0.25) is 0 Å². The van der Waals surface area contributed by atoms with E-state index in [9.17, 15) is 14.4 Å². The number of para-hydroxylation sites is 1. The van der Waals surface area contributed by atoms with E-state index in [1.807, 2.05) is 48.5 Å². The number of fused-ring (bicyclic) bond motifs is 1. The molecule has 0 bridgehead atoms. The number of hydrogen-bond donors (Lipinski definition) is 0. The third-order valence-electron chi connectivity index (χ3n) is 7.97. The number of rotatable bonds is 11. The van der Waals surface area contributed by atoms with Crippen LogP contribution in [-0.2, 0) is 24.1 Å². The van der Waals surface area contributed by atoms with Gasteiger partial charge in [-0.25, -0.2) is 14.8 Å². The Kier molecular flexibility index (Phi) is 10.8. The molecule has 1 aliphatic rings. The van der Waals surface area contributed by atoms with Crippen molar-refractivity contribution in [3.8, 4) is 28.4 Å². The smallest absolute Gasteiger partial charge is 0.493 e. The van der Waals surface area contributed by atoms with Crippen LogP contribution in [0.25, 0.3) is 17.2 Å². The molecule has 0 unspecified atom stereocenters. The quantitative estimate of drug-likeness (QED) is 0.0902. The van der Waals surface area contributed by atoms with E-state index in [-0.39, 0.29) is 16.9 Å². The zero-order chi connectivity index (χ0) is 35.1. The van der Waals surface area contributed by atoms with Crippen LogP contribution < -0.4 is 14.2 Å². The molecule has 3 aromatic carbocycles. The van der Waals surface area contributed by atoms with Gasteiger partial charge >= 0.3 is 6.16 Å². The first-order chi connectivity index (χ1) is 23.5. The molecule has 0 atom stereocenters. The van der Waals surface area contributed by atoms with Crippen molar-refractivity contribution in [2.45, 2.75) is 65.5 Å². The zero-order valence-electron chi connectivity index (χ0n) is 28.7. The van der Waals surface area contributed by atoms with Gasteiger partial charge in [0.05, 0.1) is 42.4 Å². The van der Waals surface area contributed by atoms with Gasteiger partial charge in [-0.2, -0.15) is 0 Å². The van der Waals surface area contributed by atoms with Crippen LogP contribution in [0.4, 0.5) is 4.79 Å². The van der Waals surface area contributed by atoms with Crippen molar-refractivity contribution >= 4 is 30.1 Å². The molecule has 0 N–H and O–H groups in total. The van der Waals surface area contributed by atoms with Crippen molar-refractivity contribution in [1.82, 2.24) is 9.55 Å². The van der Waals surface area contributed by atoms with E-state index in [2.05, 4.69) is 16.5 Å². The summed E-state index contributed by atoms with van der Waals surface area (Å²) in [5, 5.41) is 0. The van der Waals surface area contributed by atoms with E-state index in [1.165, 1.54) is 20.3 Å². The summed E-state index contributed by atoms with van der Waals surface area (Å²) in [5.41, 5.74) is 4.64. The summed E-state index contributed by atoms with van der Waals surface area (Å²) in [6, 6.07) is 18.6. The Labute approximate surface area is 286 Å². The van der Waals surface area contributed by atoms with Crippen molar-refractivity contribution in [2.75, 3.05) is 14.2 Å². The Morgan fingerprint density at radius 2 is 1.71 bits per heavy atom. The van der Waals surface area contributed by atoms with Crippen LogP contribution >= 0.6 is 0 Å². The lowest BCUT2D eigenvalue weighted by Crippen LogP contribution is -2.26. The van der Waals surface area contributed by atoms with Gasteiger partial charge < -0.3 is 23.5 Å². The standard InChI is InChI=1S/C39H41N3O7/c1-7-8-13-35-41-31-20-18-27(40-37(44)29-19-21-34(46-5)36(47-6)30(29)24-43)22-32(31)42(35)23-25-14-16-26(17-15-25)28-11-9-10-12-33(28)48-38(45)49-39(2,3)4/h9-12,14-21,24H,7-8,13,22-23H2,1-6H3. The number of hydrogen-bond acceptors (Lipinski definition) is 8. The third kappa shape index (κ3) is 8.14. The Morgan fingerprint density at radius 3 is 2.39 bits per heavy atom. The van der Waals surface area contributed by atoms with E-state index < -0.39 is 17.7 Å². The molecule has 1 amide bonds. The van der Waals surface area contributed by atoms with Crippen molar-refractivity contribution in [1.29, 1.82) is 0 Å². The van der Waals surface area contributed by atoms with Crippen LogP contribution in [0.1, 0.15) is 84.0 Å². The van der Waals surface area contributed by atoms with Crippen molar-refractivity contribution in [3.63, 3.8) is 0 Å². The number of unbranched alkanes of at least 4 members (excludes halogenated alkanes) is 1. The van der Waals surface area contributed by atoms with Crippen LogP contribution in [0, 0.1) is 0 Å². The average Bonchev–Trinajstić information content (AvgIpc) is 3.42. The summed E-state index contributed by atoms with van der Waals surface area (Å²) in [6.07, 6.45) is 6.73. The molecule has 1 aliphatic carbocycles. The molecular formula is C39H41N3O7. The molecule has 0 saturated heterocycles. The zero-order valence-corrected chi connectivity index (χ0v) is 28.7. The van der Waals surface area contributed by atoms with E-state index in [0.717, 1.165) is 53.2 Å². The van der Waals surface area contributed by atoms with Crippen molar-refractivity contribution < 1.29 is 33.3 Å². The minimum absolute atomic E-state index is 0.0889. The molecular weight excluding hydrogens is 622 g/mol. The van der Waals surface area contributed by atoms with Crippen molar-refractivity contribution in [3.05, 3.63) is 101 Å². The van der Waals surface area contributed by atoms with Gasteiger partial charge in [-0.1, -0.05) is 55.8 Å². The third-order valence-corrected chi connectivity index (χ3v) is 7.97. The number of aryl methyl sites for hydroxylation is 1. The number of aldehydes is 1. The number of aromatic nitrogens is 2. The minimum Gasteiger partial charge on any atom is -0.493 e. The number of benzene rings is 3. The van der Waals surface area contributed by atoms with E-state index in [4.69, 9.17) is 23.9 Å². The summed E-state index contributed by atoms with van der Waals surface area (Å²) >= 11 is 0. The predicted octanol–water partition coefficient (Wildman–Crippen LogP) is 7.94. The number of methoxy groups -OCH3 is 2. The van der Waals surface area contributed by atoms with Gasteiger partial charge in [0.25, 0.3) is 5.91 Å². The molecule has 5 rings (SSSR count). The summed E-state index contributed by atoms with van der Waals surface area (Å²) in [7, 11) is 2.88. The maximum absolute atomic E-state index is 13.4. The first kappa shape index (κ1) is 34.8. The number of ether oxygens (including phenoxy) is 4. The number of imidazole rings is 1. The Balaban J connectivity index is 1.41. The normalized spacial score (nSPS) is 13.1. The monoisotopic (exact) mass is 663 g/mol. The molecule has 4 aromatic rings. The second-order valence-electron chi connectivity index (χ2n) is 12.6. The lowest BCUT2D eigenvalue weighted by Gasteiger charge is -2.19. The highest BCUT2D eigenvalue weighted by atomic mass is 16.7. The molecule has 0 radical (unpaired) electrons. The molecule has 0 fully saturated rings. The Morgan fingerprint density at radius 1 is 0.959 bits per heavy atom. The summed E-state index contributed by atoms with van der Waals surface area (Å²) in [6.45, 7) is 8.08. The predicted molar refractivity (Wildman–Crippen MR) is 188 cm³/mol. The van der Waals surface area contributed by atoms with Gasteiger partial charge in [-0.05, 0) is 68.7 Å². The van der Waals surface area contributed by atoms with Gasteiger partial charge in [0.1, 0.15) is 17.2 Å². The molecule has 1 aromatic heterocycles. The Bertz CT molecular complexity index is 1910. The lowest BCUT2D eigenvalue weighted by molar-refractivity contribution is 0.0207. The largest absolute Gasteiger partial charge is 0.514 e. The first-order valence-corrected chi connectivity index (χ1v) is 16.2. The fourth-order valence-electron chi connectivity index (χ4n) is 5.64. The Hall–Kier alpha value is -5.51. The van der Waals surface area contributed by atoms with Crippen LogP contribution in [0.3, 0.4) is 0 Å². The number of carbonyl (C=O) groups is 3. The van der Waals surface area contributed by atoms with Crippen LogP contribution in [0.15, 0.2) is 71.7 Å².